The van der Waals surface area contributed by atoms with E-state index in [1.807, 2.05) is 18.7 Å². The molecule has 0 rings (SSSR count). The van der Waals surface area contributed by atoms with Crippen LogP contribution in [0.2, 0.25) is 0 Å². The smallest absolute Gasteiger partial charge is 0.248 e. The van der Waals surface area contributed by atoms with Gasteiger partial charge in [0.25, 0.3) is 0 Å². The highest BCUT2D eigenvalue weighted by Gasteiger charge is 2.18. The van der Waals surface area contributed by atoms with Gasteiger partial charge in [0.05, 0.1) is 6.10 Å². The monoisotopic (exact) mass is 229 g/mol. The fourth-order valence-corrected chi connectivity index (χ4v) is 1.46. The average Bonchev–Trinajstić information content (AvgIpc) is 2.26. The third-order valence-corrected chi connectivity index (χ3v) is 2.74. The highest BCUT2D eigenvalue weighted by atomic mass is 16.5. The van der Waals surface area contributed by atoms with Crippen LogP contribution >= 0.6 is 0 Å². The minimum Gasteiger partial charge on any atom is -0.369 e. The number of unbranched alkanes of at least 4 members (excludes halogenated alkanes) is 1. The predicted octanol–water partition coefficient (Wildman–Crippen LogP) is 2.84. The number of nitrogens with zero attached hydrogens (tertiary/aromatic N) is 1. The Kier molecular flexibility index (Phi) is 8.26. The first-order valence-electron chi connectivity index (χ1n) is 6.43. The van der Waals surface area contributed by atoms with Crippen LogP contribution in [-0.4, -0.2) is 36.1 Å². The summed E-state index contributed by atoms with van der Waals surface area (Å²) in [6, 6.07) is 0.315. The molecular weight excluding hydrogens is 202 g/mol. The molecule has 0 saturated carbocycles. The maximum atomic E-state index is 12.0. The van der Waals surface area contributed by atoms with E-state index >= 15 is 0 Å². The lowest BCUT2D eigenvalue weighted by molar-refractivity contribution is -0.139. The van der Waals surface area contributed by atoms with Crippen molar-refractivity contribution in [3.05, 3.63) is 0 Å². The second-order valence-electron chi connectivity index (χ2n) is 4.56. The second kappa shape index (κ2) is 8.57. The van der Waals surface area contributed by atoms with Gasteiger partial charge in [-0.25, -0.2) is 0 Å². The summed E-state index contributed by atoms with van der Waals surface area (Å²) in [4.78, 5) is 13.9. The Labute approximate surface area is 100 Å². The van der Waals surface area contributed by atoms with Crippen molar-refractivity contribution in [1.29, 1.82) is 0 Å². The molecule has 1 atom stereocenters. The molecule has 0 aromatic rings. The van der Waals surface area contributed by atoms with Gasteiger partial charge in [0, 0.05) is 12.6 Å². The highest BCUT2D eigenvalue weighted by molar-refractivity contribution is 5.77. The van der Waals surface area contributed by atoms with Gasteiger partial charge in [-0.2, -0.15) is 0 Å². The largest absolute Gasteiger partial charge is 0.369 e. The van der Waals surface area contributed by atoms with Gasteiger partial charge in [-0.3, -0.25) is 4.79 Å². The molecule has 1 amide bonds. The molecule has 96 valence electrons. The average molecular weight is 229 g/mol. The van der Waals surface area contributed by atoms with E-state index in [-0.39, 0.29) is 18.6 Å². The van der Waals surface area contributed by atoms with Crippen LogP contribution in [0.1, 0.15) is 53.9 Å². The van der Waals surface area contributed by atoms with E-state index in [1.165, 1.54) is 0 Å². The van der Waals surface area contributed by atoms with Crippen LogP contribution in [0.5, 0.6) is 0 Å². The van der Waals surface area contributed by atoms with Gasteiger partial charge >= 0.3 is 0 Å². The molecule has 0 aromatic heterocycles. The topological polar surface area (TPSA) is 29.5 Å². The summed E-state index contributed by atoms with van der Waals surface area (Å²) in [5.41, 5.74) is 0. The first-order valence-corrected chi connectivity index (χ1v) is 6.43. The zero-order valence-electron chi connectivity index (χ0n) is 11.5. The number of hydrogen-bond donors (Lipinski definition) is 0. The summed E-state index contributed by atoms with van der Waals surface area (Å²) in [7, 11) is 0. The summed E-state index contributed by atoms with van der Waals surface area (Å²) in [6.07, 6.45) is 3.30. The van der Waals surface area contributed by atoms with E-state index in [9.17, 15) is 4.79 Å². The zero-order chi connectivity index (χ0) is 12.6. The molecule has 16 heavy (non-hydrogen) atoms. The fraction of sp³-hybridized carbons (Fsp3) is 0.923. The van der Waals surface area contributed by atoms with Crippen LogP contribution in [-0.2, 0) is 9.53 Å². The summed E-state index contributed by atoms with van der Waals surface area (Å²) in [6.45, 7) is 11.3. The van der Waals surface area contributed by atoms with E-state index in [1.54, 1.807) is 0 Å². The van der Waals surface area contributed by atoms with Gasteiger partial charge in [-0.15, -0.1) is 0 Å². The van der Waals surface area contributed by atoms with Gasteiger partial charge in [-0.05, 0) is 33.6 Å². The third kappa shape index (κ3) is 6.11. The number of carbonyl (C=O) groups is 1. The lowest BCUT2D eigenvalue weighted by Gasteiger charge is -2.28. The first-order chi connectivity index (χ1) is 7.52. The lowest BCUT2D eigenvalue weighted by Crippen LogP contribution is -2.41. The summed E-state index contributed by atoms with van der Waals surface area (Å²) < 4.78 is 5.37. The van der Waals surface area contributed by atoms with E-state index in [4.69, 9.17) is 4.74 Å². The molecule has 0 aliphatic carbocycles. The van der Waals surface area contributed by atoms with Crippen molar-refractivity contribution in [2.75, 3.05) is 13.2 Å². The van der Waals surface area contributed by atoms with Crippen LogP contribution in [0.4, 0.5) is 0 Å². The van der Waals surface area contributed by atoms with Crippen LogP contribution in [0.3, 0.4) is 0 Å². The second-order valence-corrected chi connectivity index (χ2v) is 4.56. The Morgan fingerprint density at radius 1 is 1.25 bits per heavy atom. The predicted molar refractivity (Wildman–Crippen MR) is 67.5 cm³/mol. The quantitative estimate of drug-likeness (QED) is 0.640. The van der Waals surface area contributed by atoms with Crippen LogP contribution in [0.15, 0.2) is 0 Å². The van der Waals surface area contributed by atoms with Crippen molar-refractivity contribution < 1.29 is 9.53 Å². The minimum absolute atomic E-state index is 0.119. The molecule has 0 N–H and O–H groups in total. The van der Waals surface area contributed by atoms with Crippen LogP contribution < -0.4 is 0 Å². The maximum Gasteiger partial charge on any atom is 0.248 e. The summed E-state index contributed by atoms with van der Waals surface area (Å²) in [5, 5.41) is 0. The van der Waals surface area contributed by atoms with E-state index in [0.29, 0.717) is 6.04 Å². The lowest BCUT2D eigenvalue weighted by atomic mass is 10.2. The number of carbonyl (C=O) groups excluding carboxylic acids is 1. The molecule has 0 aliphatic rings. The number of hydrogen-bond acceptors (Lipinski definition) is 2. The molecule has 0 saturated heterocycles. The van der Waals surface area contributed by atoms with Crippen molar-refractivity contribution in [3.63, 3.8) is 0 Å². The molecule has 0 radical (unpaired) electrons. The highest BCUT2D eigenvalue weighted by Crippen LogP contribution is 2.07. The summed E-state index contributed by atoms with van der Waals surface area (Å²) in [5.74, 6) is 0.122. The number of amides is 1. The molecular formula is C13H27NO2. The summed E-state index contributed by atoms with van der Waals surface area (Å²) >= 11 is 0. The molecule has 0 bridgehead atoms. The fourth-order valence-electron chi connectivity index (χ4n) is 1.46. The Morgan fingerprint density at radius 3 is 2.31 bits per heavy atom. The molecule has 0 spiro atoms. The number of rotatable bonds is 8. The molecule has 0 aliphatic heterocycles. The first kappa shape index (κ1) is 15.4. The Balaban J connectivity index is 4.20. The van der Waals surface area contributed by atoms with E-state index in [2.05, 4.69) is 20.8 Å². The normalized spacial score (nSPS) is 12.9. The van der Waals surface area contributed by atoms with Crippen molar-refractivity contribution in [1.82, 2.24) is 4.90 Å². The van der Waals surface area contributed by atoms with Gasteiger partial charge in [0.2, 0.25) is 5.91 Å². The van der Waals surface area contributed by atoms with Crippen LogP contribution in [0.25, 0.3) is 0 Å². The van der Waals surface area contributed by atoms with Gasteiger partial charge in [0.1, 0.15) is 6.61 Å². The Morgan fingerprint density at radius 2 is 1.88 bits per heavy atom. The Bertz CT molecular complexity index is 192. The molecule has 3 heteroatoms. The standard InChI is InChI=1S/C13H27NO2/c1-6-8-9-14(12(5)7-2)13(15)10-16-11(3)4/h11-12H,6-10H2,1-5H3. The van der Waals surface area contributed by atoms with Gasteiger partial charge in [-0.1, -0.05) is 20.3 Å². The van der Waals surface area contributed by atoms with Crippen molar-refractivity contribution in [3.8, 4) is 0 Å². The van der Waals surface area contributed by atoms with Gasteiger partial charge in [0.15, 0.2) is 0 Å². The van der Waals surface area contributed by atoms with Crippen molar-refractivity contribution in [2.24, 2.45) is 0 Å². The third-order valence-electron chi connectivity index (χ3n) is 2.74. The number of ether oxygens (including phenoxy) is 1. The zero-order valence-corrected chi connectivity index (χ0v) is 11.5. The maximum absolute atomic E-state index is 12.0. The van der Waals surface area contributed by atoms with Crippen molar-refractivity contribution >= 4 is 5.91 Å². The molecule has 0 heterocycles. The SMILES string of the molecule is CCCCN(C(=O)COC(C)C)C(C)CC. The molecule has 0 aromatic carbocycles. The molecule has 0 fully saturated rings. The minimum atomic E-state index is 0.119. The van der Waals surface area contributed by atoms with Gasteiger partial charge < -0.3 is 9.64 Å². The van der Waals surface area contributed by atoms with Crippen molar-refractivity contribution in [2.45, 2.75) is 66.0 Å². The van der Waals surface area contributed by atoms with Crippen LogP contribution in [0, 0.1) is 0 Å². The molecule has 3 nitrogen and oxygen atoms in total. The molecule has 1 unspecified atom stereocenters. The van der Waals surface area contributed by atoms with E-state index in [0.717, 1.165) is 25.8 Å². The Hall–Kier alpha value is -0.570. The van der Waals surface area contributed by atoms with E-state index < -0.39 is 0 Å².